The summed E-state index contributed by atoms with van der Waals surface area (Å²) in [4.78, 5) is 24.4. The number of aliphatic hydroxyl groups is 2. The Morgan fingerprint density at radius 2 is 0.780 bits per heavy atom. The second kappa shape index (κ2) is 49.3. The van der Waals surface area contributed by atoms with Gasteiger partial charge >= 0.3 is 5.97 Å². The van der Waals surface area contributed by atoms with E-state index in [9.17, 15) is 19.8 Å². The SMILES string of the molecule is CCCCCCCCCCC/C=C/C(O)C(CO)NC(=O)CCCCCCCCCCCCCCCCCOC(=O)CCCCCCCCCCCCCCCCCC. The lowest BCUT2D eigenvalue weighted by molar-refractivity contribution is -0.143. The highest BCUT2D eigenvalue weighted by Crippen LogP contribution is 2.17. The van der Waals surface area contributed by atoms with Crippen LogP contribution in [0.3, 0.4) is 0 Å². The Morgan fingerprint density at radius 3 is 1.15 bits per heavy atom. The first-order valence-electron chi connectivity index (χ1n) is 26.5. The average Bonchev–Trinajstić information content (AvgIpc) is 3.24. The van der Waals surface area contributed by atoms with Gasteiger partial charge in [-0.3, -0.25) is 9.59 Å². The predicted molar refractivity (Wildman–Crippen MR) is 255 cm³/mol. The number of aliphatic hydroxyl groups excluding tert-OH is 2. The third-order valence-corrected chi connectivity index (χ3v) is 12.3. The lowest BCUT2D eigenvalue weighted by Crippen LogP contribution is -2.45. The maximum Gasteiger partial charge on any atom is 0.305 e. The highest BCUT2D eigenvalue weighted by atomic mass is 16.5. The number of carbonyl (C=O) groups is 2. The van der Waals surface area contributed by atoms with E-state index >= 15 is 0 Å². The Kier molecular flexibility index (Phi) is 48.1. The van der Waals surface area contributed by atoms with E-state index in [4.69, 9.17) is 4.74 Å². The minimum atomic E-state index is -0.847. The van der Waals surface area contributed by atoms with E-state index in [2.05, 4.69) is 19.2 Å². The normalized spacial score (nSPS) is 12.7. The van der Waals surface area contributed by atoms with Crippen molar-refractivity contribution in [1.29, 1.82) is 0 Å². The summed E-state index contributed by atoms with van der Waals surface area (Å²) in [5.74, 6) is -0.0740. The van der Waals surface area contributed by atoms with Crippen LogP contribution in [0.5, 0.6) is 0 Å². The number of hydrogen-bond donors (Lipinski definition) is 3. The largest absolute Gasteiger partial charge is 0.466 e. The first-order chi connectivity index (χ1) is 29.0. The third kappa shape index (κ3) is 45.9. The smallest absolute Gasteiger partial charge is 0.305 e. The van der Waals surface area contributed by atoms with Gasteiger partial charge in [-0.15, -0.1) is 0 Å². The van der Waals surface area contributed by atoms with Gasteiger partial charge in [-0.1, -0.05) is 257 Å². The Balaban J connectivity index is 3.41. The molecule has 2 unspecified atom stereocenters. The van der Waals surface area contributed by atoms with Crippen molar-refractivity contribution in [3.8, 4) is 0 Å². The molecule has 0 rings (SSSR count). The molecule has 6 heteroatoms. The zero-order valence-corrected chi connectivity index (χ0v) is 39.7. The predicted octanol–water partition coefficient (Wildman–Crippen LogP) is 15.7. The molecular weight excluding hydrogens is 731 g/mol. The number of hydrogen-bond acceptors (Lipinski definition) is 5. The fourth-order valence-corrected chi connectivity index (χ4v) is 8.22. The van der Waals surface area contributed by atoms with Gasteiger partial charge in [0.2, 0.25) is 5.91 Å². The Labute approximate surface area is 368 Å². The van der Waals surface area contributed by atoms with E-state index in [1.165, 1.54) is 218 Å². The highest BCUT2D eigenvalue weighted by molar-refractivity contribution is 5.76. The van der Waals surface area contributed by atoms with Gasteiger partial charge in [0.15, 0.2) is 0 Å². The summed E-state index contributed by atoms with van der Waals surface area (Å²) in [5, 5.41) is 23.0. The highest BCUT2D eigenvalue weighted by Gasteiger charge is 2.18. The molecule has 0 spiro atoms. The summed E-state index contributed by atoms with van der Waals surface area (Å²) < 4.78 is 5.48. The molecule has 2 atom stereocenters. The van der Waals surface area contributed by atoms with Gasteiger partial charge in [0.05, 0.1) is 25.4 Å². The van der Waals surface area contributed by atoms with E-state index in [1.54, 1.807) is 6.08 Å². The molecule has 350 valence electrons. The first kappa shape index (κ1) is 57.6. The van der Waals surface area contributed by atoms with Crippen molar-refractivity contribution < 1.29 is 24.5 Å². The maximum atomic E-state index is 12.4. The van der Waals surface area contributed by atoms with Gasteiger partial charge in [-0.2, -0.15) is 0 Å². The Hall–Kier alpha value is -1.40. The molecule has 0 radical (unpaired) electrons. The topological polar surface area (TPSA) is 95.9 Å². The van der Waals surface area contributed by atoms with Crippen molar-refractivity contribution in [3.63, 3.8) is 0 Å². The van der Waals surface area contributed by atoms with Gasteiger partial charge in [0.1, 0.15) is 0 Å². The van der Waals surface area contributed by atoms with Crippen molar-refractivity contribution in [2.45, 2.75) is 302 Å². The summed E-state index contributed by atoms with van der Waals surface area (Å²) in [6.45, 7) is 4.88. The number of carbonyl (C=O) groups excluding carboxylic acids is 2. The van der Waals surface area contributed by atoms with Crippen LogP contribution in [-0.2, 0) is 14.3 Å². The molecule has 0 aromatic heterocycles. The van der Waals surface area contributed by atoms with Gasteiger partial charge in [-0.05, 0) is 32.1 Å². The molecule has 6 nitrogen and oxygen atoms in total. The number of unbranched alkanes of at least 4 members (excludes halogenated alkanes) is 38. The van der Waals surface area contributed by atoms with E-state index < -0.39 is 12.1 Å². The molecule has 0 saturated carbocycles. The molecule has 0 bridgehead atoms. The zero-order chi connectivity index (χ0) is 43.0. The Morgan fingerprint density at radius 1 is 0.458 bits per heavy atom. The molecule has 0 aromatic rings. The number of nitrogens with one attached hydrogen (secondary N) is 1. The van der Waals surface area contributed by atoms with E-state index in [0.717, 1.165) is 44.9 Å². The molecule has 0 aromatic carbocycles. The van der Waals surface area contributed by atoms with Crippen LogP contribution in [0.15, 0.2) is 12.2 Å². The monoisotopic (exact) mass is 834 g/mol. The van der Waals surface area contributed by atoms with Crippen LogP contribution in [0.2, 0.25) is 0 Å². The molecule has 0 aliphatic rings. The van der Waals surface area contributed by atoms with Crippen LogP contribution in [0.25, 0.3) is 0 Å². The van der Waals surface area contributed by atoms with Crippen molar-refractivity contribution >= 4 is 11.9 Å². The van der Waals surface area contributed by atoms with Crippen LogP contribution >= 0.6 is 0 Å². The number of allylic oxidation sites excluding steroid dienone is 1. The molecular formula is C53H103NO5. The van der Waals surface area contributed by atoms with Crippen molar-refractivity contribution in [2.75, 3.05) is 13.2 Å². The van der Waals surface area contributed by atoms with Crippen molar-refractivity contribution in [3.05, 3.63) is 12.2 Å². The standard InChI is InChI=1S/C53H103NO5/c1-3-5-7-9-11-13-15-16-17-20-23-27-31-35-39-43-47-53(58)59-48-44-40-36-32-28-24-21-18-19-22-26-30-34-38-42-46-52(57)54-50(49-55)51(56)45-41-37-33-29-25-14-12-10-8-6-4-2/h41,45,50-51,55-56H,3-40,42-44,46-49H2,1-2H3,(H,54,57)/b45-41+. The summed E-state index contributed by atoms with van der Waals surface area (Å²) in [6.07, 6.45) is 56.4. The summed E-state index contributed by atoms with van der Waals surface area (Å²) in [5.41, 5.74) is 0. The van der Waals surface area contributed by atoms with Gasteiger partial charge in [0, 0.05) is 12.8 Å². The molecule has 1 amide bonds. The Bertz CT molecular complexity index is 878. The number of esters is 1. The minimum absolute atomic E-state index is 0.00291. The number of amides is 1. The van der Waals surface area contributed by atoms with Gasteiger partial charge in [-0.25, -0.2) is 0 Å². The van der Waals surface area contributed by atoms with E-state index in [-0.39, 0.29) is 18.5 Å². The zero-order valence-electron chi connectivity index (χ0n) is 39.7. The summed E-state index contributed by atoms with van der Waals surface area (Å²) >= 11 is 0. The van der Waals surface area contributed by atoms with E-state index in [1.807, 2.05) is 6.08 Å². The second-order valence-corrected chi connectivity index (χ2v) is 18.2. The van der Waals surface area contributed by atoms with Gasteiger partial charge < -0.3 is 20.3 Å². The molecule has 0 aliphatic heterocycles. The lowest BCUT2D eigenvalue weighted by atomic mass is 10.0. The van der Waals surface area contributed by atoms with Crippen LogP contribution < -0.4 is 5.32 Å². The summed E-state index contributed by atoms with van der Waals surface area (Å²) in [6, 6.07) is -0.631. The minimum Gasteiger partial charge on any atom is -0.466 e. The molecule has 0 fully saturated rings. The quantitative estimate of drug-likeness (QED) is 0.0322. The van der Waals surface area contributed by atoms with Crippen LogP contribution in [-0.4, -0.2) is 47.4 Å². The average molecular weight is 834 g/mol. The van der Waals surface area contributed by atoms with E-state index in [0.29, 0.717) is 19.4 Å². The molecule has 0 heterocycles. The van der Waals surface area contributed by atoms with Gasteiger partial charge in [0.25, 0.3) is 0 Å². The van der Waals surface area contributed by atoms with Crippen molar-refractivity contribution in [2.24, 2.45) is 0 Å². The van der Waals surface area contributed by atoms with Crippen LogP contribution in [0.4, 0.5) is 0 Å². The number of ether oxygens (including phenoxy) is 1. The fourth-order valence-electron chi connectivity index (χ4n) is 8.22. The van der Waals surface area contributed by atoms with Crippen LogP contribution in [0, 0.1) is 0 Å². The molecule has 3 N–H and O–H groups in total. The molecule has 0 saturated heterocycles. The summed E-state index contributed by atoms with van der Waals surface area (Å²) in [7, 11) is 0. The lowest BCUT2D eigenvalue weighted by Gasteiger charge is -2.20. The third-order valence-electron chi connectivity index (χ3n) is 12.3. The van der Waals surface area contributed by atoms with Crippen molar-refractivity contribution in [1.82, 2.24) is 5.32 Å². The number of rotatable bonds is 49. The van der Waals surface area contributed by atoms with Crippen LogP contribution in [0.1, 0.15) is 290 Å². The maximum absolute atomic E-state index is 12.4. The first-order valence-corrected chi connectivity index (χ1v) is 26.5. The fraction of sp³-hybridized carbons (Fsp3) is 0.925. The molecule has 59 heavy (non-hydrogen) atoms. The second-order valence-electron chi connectivity index (χ2n) is 18.2. The molecule has 0 aliphatic carbocycles.